The average molecular weight is 368 g/mol. The van der Waals surface area contributed by atoms with E-state index in [1.54, 1.807) is 0 Å². The van der Waals surface area contributed by atoms with Gasteiger partial charge in [0.15, 0.2) is 0 Å². The van der Waals surface area contributed by atoms with Gasteiger partial charge >= 0.3 is 12.1 Å². The molecule has 3 rings (SSSR count). The van der Waals surface area contributed by atoms with Crippen LogP contribution in [0.1, 0.15) is 23.5 Å². The summed E-state index contributed by atoms with van der Waals surface area (Å²) >= 11 is 0. The molecule has 0 spiro atoms. The van der Waals surface area contributed by atoms with Crippen molar-refractivity contribution in [2.75, 3.05) is 13.7 Å². The van der Waals surface area contributed by atoms with Crippen molar-refractivity contribution in [3.8, 4) is 11.1 Å². The third-order valence-electron chi connectivity index (χ3n) is 4.50. The van der Waals surface area contributed by atoms with Crippen molar-refractivity contribution in [3.05, 3.63) is 59.7 Å². The number of hydrogen-bond donors (Lipinski definition) is 2. The highest BCUT2D eigenvalue weighted by atomic mass is 16.5. The summed E-state index contributed by atoms with van der Waals surface area (Å²) in [6, 6.07) is 16.0. The predicted octanol–water partition coefficient (Wildman–Crippen LogP) is 2.16. The predicted molar refractivity (Wildman–Crippen MR) is 97.8 cm³/mol. The molecule has 7 heteroatoms. The van der Waals surface area contributed by atoms with Gasteiger partial charge in [0.2, 0.25) is 6.41 Å². The number of amides is 2. The van der Waals surface area contributed by atoms with Crippen molar-refractivity contribution in [3.63, 3.8) is 0 Å². The fourth-order valence-electron chi connectivity index (χ4n) is 3.27. The fraction of sp³-hybridized carbons (Fsp3) is 0.250. The van der Waals surface area contributed by atoms with Gasteiger partial charge in [-0.2, -0.15) is 0 Å². The third-order valence-corrected chi connectivity index (χ3v) is 4.50. The number of benzene rings is 2. The van der Waals surface area contributed by atoms with Crippen LogP contribution in [0.4, 0.5) is 4.79 Å². The highest BCUT2D eigenvalue weighted by Crippen LogP contribution is 2.44. The monoisotopic (exact) mass is 368 g/mol. The zero-order valence-corrected chi connectivity index (χ0v) is 14.8. The van der Waals surface area contributed by atoms with Crippen molar-refractivity contribution in [1.82, 2.24) is 10.6 Å². The summed E-state index contributed by atoms with van der Waals surface area (Å²) < 4.78 is 9.91. The van der Waals surface area contributed by atoms with Crippen LogP contribution < -0.4 is 10.6 Å². The summed E-state index contributed by atoms with van der Waals surface area (Å²) in [6.07, 6.45) is -1.41. The molecule has 0 saturated carbocycles. The van der Waals surface area contributed by atoms with Crippen molar-refractivity contribution in [1.29, 1.82) is 0 Å². The van der Waals surface area contributed by atoms with E-state index in [2.05, 4.69) is 27.5 Å². The van der Waals surface area contributed by atoms with Gasteiger partial charge < -0.3 is 20.1 Å². The van der Waals surface area contributed by atoms with E-state index in [1.165, 1.54) is 7.11 Å². The van der Waals surface area contributed by atoms with E-state index in [9.17, 15) is 14.4 Å². The molecule has 2 amide bonds. The Morgan fingerprint density at radius 1 is 1.07 bits per heavy atom. The Kier molecular flexibility index (Phi) is 5.71. The van der Waals surface area contributed by atoms with E-state index in [4.69, 9.17) is 4.74 Å². The number of fused-ring (bicyclic) bond motifs is 3. The molecule has 0 heterocycles. The first-order valence-electron chi connectivity index (χ1n) is 8.52. The zero-order valence-electron chi connectivity index (χ0n) is 14.8. The van der Waals surface area contributed by atoms with Crippen LogP contribution in [0.3, 0.4) is 0 Å². The van der Waals surface area contributed by atoms with Gasteiger partial charge in [-0.3, -0.25) is 9.59 Å². The lowest BCUT2D eigenvalue weighted by Gasteiger charge is -2.18. The number of methoxy groups -OCH3 is 1. The first-order chi connectivity index (χ1) is 13.1. The molecule has 0 radical (unpaired) electrons. The molecule has 1 atom stereocenters. The molecule has 1 aliphatic rings. The molecule has 0 aliphatic heterocycles. The van der Waals surface area contributed by atoms with Gasteiger partial charge in [-0.1, -0.05) is 48.5 Å². The van der Waals surface area contributed by atoms with Crippen molar-refractivity contribution >= 4 is 18.5 Å². The minimum atomic E-state index is -0.898. The molecule has 1 aliphatic carbocycles. The number of carbonyl (C=O) groups is 3. The van der Waals surface area contributed by atoms with Gasteiger partial charge in [-0.05, 0) is 22.3 Å². The van der Waals surface area contributed by atoms with Crippen LogP contribution in [0.15, 0.2) is 48.5 Å². The van der Waals surface area contributed by atoms with Crippen molar-refractivity contribution < 1.29 is 23.9 Å². The van der Waals surface area contributed by atoms with Gasteiger partial charge in [0.25, 0.3) is 0 Å². The average Bonchev–Trinajstić information content (AvgIpc) is 3.00. The molecule has 0 fully saturated rings. The van der Waals surface area contributed by atoms with Crippen molar-refractivity contribution in [2.45, 2.75) is 18.5 Å². The van der Waals surface area contributed by atoms with Gasteiger partial charge in [-0.15, -0.1) is 0 Å². The van der Waals surface area contributed by atoms with Crippen LogP contribution in [-0.4, -0.2) is 38.4 Å². The van der Waals surface area contributed by atoms with Crippen LogP contribution in [0.5, 0.6) is 0 Å². The molecule has 2 N–H and O–H groups in total. The standard InChI is InChI=1S/C20H20N2O5/c1-26-19(24)10-18(21-12-23)22-20(25)27-11-17-15-8-4-2-6-13(15)14-7-3-5-9-16(14)17/h2-9,12,17-18H,10-11H2,1H3,(H,21,23)(H,22,25)/t18-/m0/s1. The Morgan fingerprint density at radius 2 is 1.67 bits per heavy atom. The van der Waals surface area contributed by atoms with E-state index in [1.807, 2.05) is 36.4 Å². The Bertz CT molecular complexity index is 806. The van der Waals surface area contributed by atoms with E-state index in [0.29, 0.717) is 6.41 Å². The summed E-state index contributed by atoms with van der Waals surface area (Å²) in [4.78, 5) is 34.1. The quantitative estimate of drug-likeness (QED) is 0.444. The molecule has 0 bridgehead atoms. The number of hydrogen-bond acceptors (Lipinski definition) is 5. The second-order valence-electron chi connectivity index (χ2n) is 6.09. The summed E-state index contributed by atoms with van der Waals surface area (Å²) in [5.41, 5.74) is 4.47. The van der Waals surface area contributed by atoms with Crippen LogP contribution >= 0.6 is 0 Å². The number of carbonyl (C=O) groups excluding carboxylic acids is 3. The first-order valence-corrected chi connectivity index (χ1v) is 8.52. The molecule has 140 valence electrons. The molecule has 0 unspecified atom stereocenters. The molecule has 2 aromatic carbocycles. The summed E-state index contributed by atoms with van der Waals surface area (Å²) in [6.45, 7) is 0.145. The lowest BCUT2D eigenvalue weighted by molar-refractivity contribution is -0.141. The van der Waals surface area contributed by atoms with Crippen LogP contribution in [0, 0.1) is 0 Å². The zero-order chi connectivity index (χ0) is 19.2. The maximum Gasteiger partial charge on any atom is 0.408 e. The number of nitrogens with one attached hydrogen (secondary N) is 2. The molecular formula is C20H20N2O5. The van der Waals surface area contributed by atoms with Gasteiger partial charge in [-0.25, -0.2) is 4.79 Å². The maximum absolute atomic E-state index is 12.1. The molecule has 27 heavy (non-hydrogen) atoms. The van der Waals surface area contributed by atoms with E-state index >= 15 is 0 Å². The van der Waals surface area contributed by atoms with Gasteiger partial charge in [0.05, 0.1) is 13.5 Å². The highest BCUT2D eigenvalue weighted by Gasteiger charge is 2.29. The minimum Gasteiger partial charge on any atom is -0.469 e. The Labute approximate surface area is 156 Å². The van der Waals surface area contributed by atoms with Crippen LogP contribution in [-0.2, 0) is 19.1 Å². The second kappa shape index (κ2) is 8.35. The minimum absolute atomic E-state index is 0.0683. The van der Waals surface area contributed by atoms with E-state index in [0.717, 1.165) is 22.3 Å². The van der Waals surface area contributed by atoms with Crippen molar-refractivity contribution in [2.24, 2.45) is 0 Å². The fourth-order valence-corrected chi connectivity index (χ4v) is 3.27. The Hall–Kier alpha value is -3.35. The normalized spacial score (nSPS) is 13.1. The number of rotatable bonds is 7. The lowest BCUT2D eigenvalue weighted by Crippen LogP contribution is -2.46. The molecule has 2 aromatic rings. The SMILES string of the molecule is COC(=O)C[C@@H](NC=O)NC(=O)OCC1c2ccccc2-c2ccccc21. The molecule has 0 aromatic heterocycles. The summed E-state index contributed by atoms with van der Waals surface area (Å²) in [5, 5.41) is 4.80. The maximum atomic E-state index is 12.1. The summed E-state index contributed by atoms with van der Waals surface area (Å²) in [7, 11) is 1.23. The first kappa shape index (κ1) is 18.4. The second-order valence-corrected chi connectivity index (χ2v) is 6.09. The van der Waals surface area contributed by atoms with E-state index < -0.39 is 18.2 Å². The topological polar surface area (TPSA) is 93.7 Å². The lowest BCUT2D eigenvalue weighted by atomic mass is 9.98. The number of esters is 1. The highest BCUT2D eigenvalue weighted by molar-refractivity contribution is 5.79. The molecular weight excluding hydrogens is 348 g/mol. The largest absolute Gasteiger partial charge is 0.469 e. The smallest absolute Gasteiger partial charge is 0.408 e. The molecule has 0 saturated heterocycles. The van der Waals surface area contributed by atoms with Crippen LogP contribution in [0.25, 0.3) is 11.1 Å². The van der Waals surface area contributed by atoms with E-state index in [-0.39, 0.29) is 18.9 Å². The van der Waals surface area contributed by atoms with Gasteiger partial charge in [0, 0.05) is 5.92 Å². The summed E-state index contributed by atoms with van der Waals surface area (Å²) in [5.74, 6) is -0.630. The number of ether oxygens (including phenoxy) is 2. The Morgan fingerprint density at radius 3 is 2.22 bits per heavy atom. The van der Waals surface area contributed by atoms with Gasteiger partial charge in [0.1, 0.15) is 12.8 Å². The third kappa shape index (κ3) is 4.08. The number of alkyl carbamates (subject to hydrolysis) is 1. The van der Waals surface area contributed by atoms with Crippen LogP contribution in [0.2, 0.25) is 0 Å². The molecule has 7 nitrogen and oxygen atoms in total. The Balaban J connectivity index is 1.66.